The second-order valence-corrected chi connectivity index (χ2v) is 5.49. The predicted octanol–water partition coefficient (Wildman–Crippen LogP) is 3.27. The lowest BCUT2D eigenvalue weighted by Crippen LogP contribution is -2.18. The molecule has 2 N–H and O–H groups in total. The van der Waals surface area contributed by atoms with Gasteiger partial charge in [-0.05, 0) is 43.7 Å². The molecule has 4 nitrogen and oxygen atoms in total. The lowest BCUT2D eigenvalue weighted by atomic mass is 10.1. The van der Waals surface area contributed by atoms with E-state index in [0.717, 1.165) is 5.69 Å². The van der Waals surface area contributed by atoms with Gasteiger partial charge in [0, 0.05) is 37.7 Å². The Bertz CT molecular complexity index is 676. The fourth-order valence-electron chi connectivity index (χ4n) is 2.25. The average Bonchev–Trinajstić information content (AvgIpc) is 2.73. The van der Waals surface area contributed by atoms with Gasteiger partial charge in [0.15, 0.2) is 0 Å². The number of anilines is 1. The van der Waals surface area contributed by atoms with Gasteiger partial charge in [-0.15, -0.1) is 0 Å². The topological polar surface area (TPSA) is 46.1 Å². The maximum Gasteiger partial charge on any atom is 0.252 e. The lowest BCUT2D eigenvalue weighted by Gasteiger charge is -2.10. The van der Waals surface area contributed by atoms with E-state index in [9.17, 15) is 4.79 Å². The molecule has 2 aromatic rings. The zero-order valence-corrected chi connectivity index (χ0v) is 13.5. The molecule has 0 saturated carbocycles. The predicted molar refractivity (Wildman–Crippen MR) is 87.1 cm³/mol. The van der Waals surface area contributed by atoms with Crippen molar-refractivity contribution in [2.75, 3.05) is 12.4 Å². The Kier molecular flexibility index (Phi) is 4.58. The van der Waals surface area contributed by atoms with Gasteiger partial charge in [0.1, 0.15) is 0 Å². The summed E-state index contributed by atoms with van der Waals surface area (Å²) in [6.45, 7) is 4.90. The van der Waals surface area contributed by atoms with E-state index in [1.807, 2.05) is 6.07 Å². The van der Waals surface area contributed by atoms with Crippen LogP contribution in [0.4, 0.5) is 5.69 Å². The number of amides is 1. The van der Waals surface area contributed by atoms with Crippen molar-refractivity contribution in [3.05, 3.63) is 51.8 Å². The molecule has 0 saturated heterocycles. The third-order valence-electron chi connectivity index (χ3n) is 3.80. The first-order valence-electron chi connectivity index (χ1n) is 6.81. The Labute approximate surface area is 130 Å². The summed E-state index contributed by atoms with van der Waals surface area (Å²) in [5.41, 5.74) is 5.06. The van der Waals surface area contributed by atoms with Gasteiger partial charge in [0.05, 0.1) is 10.6 Å². The molecular formula is C16H20ClN3O. The van der Waals surface area contributed by atoms with Crippen LogP contribution in [0.5, 0.6) is 0 Å². The zero-order chi connectivity index (χ0) is 15.6. The van der Waals surface area contributed by atoms with E-state index in [2.05, 4.69) is 42.2 Å². The molecule has 0 aliphatic heterocycles. The van der Waals surface area contributed by atoms with Crippen LogP contribution in [0.3, 0.4) is 0 Å². The quantitative estimate of drug-likeness (QED) is 0.910. The normalized spacial score (nSPS) is 10.5. The van der Waals surface area contributed by atoms with Crippen LogP contribution in [0.2, 0.25) is 5.02 Å². The monoisotopic (exact) mass is 305 g/mol. The van der Waals surface area contributed by atoms with Gasteiger partial charge in [0.2, 0.25) is 0 Å². The van der Waals surface area contributed by atoms with Crippen LogP contribution in [0, 0.1) is 13.8 Å². The number of carbonyl (C=O) groups excluding carboxylic acids is 1. The summed E-state index contributed by atoms with van der Waals surface area (Å²) in [7, 11) is 3.65. The van der Waals surface area contributed by atoms with E-state index in [-0.39, 0.29) is 5.91 Å². The van der Waals surface area contributed by atoms with Crippen molar-refractivity contribution in [3.8, 4) is 0 Å². The van der Waals surface area contributed by atoms with Crippen LogP contribution in [0.15, 0.2) is 24.3 Å². The Balaban J connectivity index is 2.17. The van der Waals surface area contributed by atoms with Gasteiger partial charge in [-0.25, -0.2) is 0 Å². The summed E-state index contributed by atoms with van der Waals surface area (Å²) in [5, 5.41) is 6.38. The molecule has 0 atom stereocenters. The van der Waals surface area contributed by atoms with Crippen LogP contribution in [-0.2, 0) is 13.6 Å². The van der Waals surface area contributed by atoms with Crippen molar-refractivity contribution in [3.63, 3.8) is 0 Å². The Morgan fingerprint density at radius 1 is 1.29 bits per heavy atom. The minimum Gasteiger partial charge on any atom is -0.381 e. The summed E-state index contributed by atoms with van der Waals surface area (Å²) in [5.74, 6) is -0.185. The summed E-state index contributed by atoms with van der Waals surface area (Å²) in [6, 6.07) is 7.54. The summed E-state index contributed by atoms with van der Waals surface area (Å²) >= 11 is 6.04. The highest BCUT2D eigenvalue weighted by molar-refractivity contribution is 6.34. The molecule has 0 aliphatic carbocycles. The highest BCUT2D eigenvalue weighted by Gasteiger charge is 2.10. The van der Waals surface area contributed by atoms with Crippen molar-refractivity contribution in [2.24, 2.45) is 7.05 Å². The van der Waals surface area contributed by atoms with Crippen LogP contribution in [0.1, 0.15) is 27.3 Å². The van der Waals surface area contributed by atoms with Crippen molar-refractivity contribution < 1.29 is 4.79 Å². The molecule has 0 aliphatic rings. The smallest absolute Gasteiger partial charge is 0.252 e. The lowest BCUT2D eigenvalue weighted by molar-refractivity contribution is 0.0963. The molecule has 112 valence electrons. The van der Waals surface area contributed by atoms with Gasteiger partial charge in [-0.3, -0.25) is 4.79 Å². The van der Waals surface area contributed by atoms with Gasteiger partial charge >= 0.3 is 0 Å². The van der Waals surface area contributed by atoms with Crippen molar-refractivity contribution in [2.45, 2.75) is 20.4 Å². The third-order valence-corrected chi connectivity index (χ3v) is 4.13. The third kappa shape index (κ3) is 3.22. The molecule has 1 aromatic carbocycles. The molecule has 0 radical (unpaired) electrons. The fourth-order valence-corrected chi connectivity index (χ4v) is 2.46. The molecule has 1 aromatic heterocycles. The summed E-state index contributed by atoms with van der Waals surface area (Å²) in [6.07, 6.45) is 0. The number of aryl methyl sites for hydroxylation is 1. The molecule has 5 heteroatoms. The number of hydrogen-bond donors (Lipinski definition) is 2. The van der Waals surface area contributed by atoms with Crippen molar-refractivity contribution in [1.29, 1.82) is 0 Å². The highest BCUT2D eigenvalue weighted by Crippen LogP contribution is 2.22. The number of aromatic nitrogens is 1. The maximum atomic E-state index is 11.7. The van der Waals surface area contributed by atoms with Gasteiger partial charge < -0.3 is 15.2 Å². The Morgan fingerprint density at radius 3 is 2.57 bits per heavy atom. The number of halogens is 1. The number of nitrogens with zero attached hydrogens (tertiary/aromatic N) is 1. The average molecular weight is 306 g/mol. The van der Waals surface area contributed by atoms with Crippen molar-refractivity contribution in [1.82, 2.24) is 9.88 Å². The molecule has 0 fully saturated rings. The fraction of sp³-hybridized carbons (Fsp3) is 0.312. The minimum atomic E-state index is -0.185. The molecule has 1 amide bonds. The maximum absolute atomic E-state index is 11.7. The Morgan fingerprint density at radius 2 is 2.00 bits per heavy atom. The molecule has 21 heavy (non-hydrogen) atoms. The molecule has 0 bridgehead atoms. The molecule has 1 heterocycles. The van der Waals surface area contributed by atoms with Gasteiger partial charge in [-0.1, -0.05) is 11.6 Å². The highest BCUT2D eigenvalue weighted by atomic mass is 35.5. The second kappa shape index (κ2) is 6.22. The molecule has 2 rings (SSSR count). The largest absolute Gasteiger partial charge is 0.381 e. The zero-order valence-electron chi connectivity index (χ0n) is 12.7. The standard InChI is InChI=1S/C16H20ClN3O/c1-10-7-12(11(2)20(10)4)9-19-13-5-6-15(17)14(8-13)16(21)18-3/h5-8,19H,9H2,1-4H3,(H,18,21). The molecular weight excluding hydrogens is 286 g/mol. The number of hydrogen-bond acceptors (Lipinski definition) is 2. The first-order chi connectivity index (χ1) is 9.93. The van der Waals surface area contributed by atoms with E-state index in [1.54, 1.807) is 19.2 Å². The van der Waals surface area contributed by atoms with Crippen molar-refractivity contribution >= 4 is 23.2 Å². The first-order valence-corrected chi connectivity index (χ1v) is 7.19. The second-order valence-electron chi connectivity index (χ2n) is 5.08. The van der Waals surface area contributed by atoms with E-state index < -0.39 is 0 Å². The summed E-state index contributed by atoms with van der Waals surface area (Å²) in [4.78, 5) is 11.7. The van der Waals surface area contributed by atoms with E-state index in [1.165, 1.54) is 17.0 Å². The van der Waals surface area contributed by atoms with Crippen LogP contribution in [-0.4, -0.2) is 17.5 Å². The van der Waals surface area contributed by atoms with Crippen LogP contribution in [0.25, 0.3) is 0 Å². The van der Waals surface area contributed by atoms with E-state index >= 15 is 0 Å². The Hall–Kier alpha value is -1.94. The number of nitrogens with one attached hydrogen (secondary N) is 2. The minimum absolute atomic E-state index is 0.185. The van der Waals surface area contributed by atoms with E-state index in [4.69, 9.17) is 11.6 Å². The first kappa shape index (κ1) is 15.4. The summed E-state index contributed by atoms with van der Waals surface area (Å²) < 4.78 is 2.16. The van der Waals surface area contributed by atoms with Crippen LogP contribution >= 0.6 is 11.6 Å². The SMILES string of the molecule is CNC(=O)c1cc(NCc2cc(C)n(C)c2C)ccc1Cl. The van der Waals surface area contributed by atoms with Gasteiger partial charge in [-0.2, -0.15) is 0 Å². The number of benzene rings is 1. The molecule has 0 unspecified atom stereocenters. The van der Waals surface area contributed by atoms with E-state index in [0.29, 0.717) is 17.1 Å². The number of rotatable bonds is 4. The number of carbonyl (C=O) groups is 1. The van der Waals surface area contributed by atoms with Gasteiger partial charge in [0.25, 0.3) is 5.91 Å². The van der Waals surface area contributed by atoms with Crippen LogP contribution < -0.4 is 10.6 Å². The molecule has 0 spiro atoms.